The van der Waals surface area contributed by atoms with Gasteiger partial charge in [0.1, 0.15) is 5.54 Å². The first-order valence-electron chi connectivity index (χ1n) is 7.38. The fourth-order valence-corrected chi connectivity index (χ4v) is 2.99. The zero-order valence-electron chi connectivity index (χ0n) is 12.5. The molecule has 0 bridgehead atoms. The van der Waals surface area contributed by atoms with Crippen LogP contribution in [0.25, 0.3) is 0 Å². The summed E-state index contributed by atoms with van der Waals surface area (Å²) in [6, 6.07) is 0. The number of piperidine rings is 1. The van der Waals surface area contributed by atoms with Gasteiger partial charge >= 0.3 is 5.97 Å². The lowest BCUT2D eigenvalue weighted by atomic mass is 9.88. The minimum atomic E-state index is -0.888. The van der Waals surface area contributed by atoms with Crippen LogP contribution in [-0.4, -0.2) is 83.5 Å². The van der Waals surface area contributed by atoms with Gasteiger partial charge in [0.2, 0.25) is 5.91 Å². The highest BCUT2D eigenvalue weighted by Crippen LogP contribution is 2.28. The number of amides is 1. The van der Waals surface area contributed by atoms with Crippen LogP contribution in [0.2, 0.25) is 0 Å². The Labute approximate surface area is 120 Å². The summed E-state index contributed by atoms with van der Waals surface area (Å²) in [5.74, 6) is -0.754. The number of piperazine rings is 1. The van der Waals surface area contributed by atoms with Crippen molar-refractivity contribution >= 4 is 11.9 Å². The van der Waals surface area contributed by atoms with Gasteiger partial charge < -0.3 is 14.9 Å². The third-order valence-corrected chi connectivity index (χ3v) is 4.68. The van der Waals surface area contributed by atoms with E-state index in [2.05, 4.69) is 4.90 Å². The van der Waals surface area contributed by atoms with Crippen molar-refractivity contribution in [2.24, 2.45) is 0 Å². The number of rotatable bonds is 3. The highest BCUT2D eigenvalue weighted by atomic mass is 16.4. The summed E-state index contributed by atoms with van der Waals surface area (Å²) in [7, 11) is 2.05. The summed E-state index contributed by atoms with van der Waals surface area (Å²) in [5, 5.41) is 9.45. The van der Waals surface area contributed by atoms with Crippen molar-refractivity contribution in [3.8, 4) is 0 Å². The molecule has 1 amide bonds. The molecule has 2 aliphatic rings. The predicted octanol–water partition coefficient (Wildman–Crippen LogP) is 0.0896. The van der Waals surface area contributed by atoms with Crippen LogP contribution in [-0.2, 0) is 9.59 Å². The number of likely N-dealkylation sites (N-methyl/N-ethyl adjacent to an activating group) is 1. The molecule has 114 valence electrons. The molecular formula is C14H25N3O3. The molecule has 0 aromatic carbocycles. The first-order valence-corrected chi connectivity index (χ1v) is 7.38. The second kappa shape index (κ2) is 6.10. The van der Waals surface area contributed by atoms with Crippen molar-refractivity contribution in [2.45, 2.75) is 31.7 Å². The number of likely N-dealkylation sites (tertiary alicyclic amines) is 1. The summed E-state index contributed by atoms with van der Waals surface area (Å²) in [4.78, 5) is 29.8. The first kappa shape index (κ1) is 15.3. The fourth-order valence-electron chi connectivity index (χ4n) is 2.99. The van der Waals surface area contributed by atoms with Crippen LogP contribution < -0.4 is 0 Å². The summed E-state index contributed by atoms with van der Waals surface area (Å²) < 4.78 is 0. The highest BCUT2D eigenvalue weighted by Gasteiger charge is 2.42. The van der Waals surface area contributed by atoms with Gasteiger partial charge in [0, 0.05) is 26.2 Å². The molecule has 2 heterocycles. The Bertz CT molecular complexity index is 380. The van der Waals surface area contributed by atoms with Crippen molar-refractivity contribution < 1.29 is 14.7 Å². The SMILES string of the molecule is CN1CCN(C(=O)CN2CCCCC2(C)C(=O)O)CC1. The Balaban J connectivity index is 1.97. The maximum absolute atomic E-state index is 12.4. The lowest BCUT2D eigenvalue weighted by Crippen LogP contribution is -2.59. The monoisotopic (exact) mass is 283 g/mol. The molecule has 1 atom stereocenters. The average molecular weight is 283 g/mol. The third kappa shape index (κ3) is 3.12. The van der Waals surface area contributed by atoms with Crippen molar-refractivity contribution in [1.29, 1.82) is 0 Å². The fraction of sp³-hybridized carbons (Fsp3) is 0.857. The van der Waals surface area contributed by atoms with Gasteiger partial charge in [-0.1, -0.05) is 0 Å². The molecule has 0 aromatic heterocycles. The van der Waals surface area contributed by atoms with E-state index in [-0.39, 0.29) is 12.5 Å². The molecule has 0 spiro atoms. The van der Waals surface area contributed by atoms with E-state index in [0.29, 0.717) is 13.0 Å². The number of carbonyl (C=O) groups excluding carboxylic acids is 1. The van der Waals surface area contributed by atoms with Gasteiger partial charge in [-0.3, -0.25) is 14.5 Å². The topological polar surface area (TPSA) is 64.1 Å². The molecule has 0 radical (unpaired) electrons. The zero-order chi connectivity index (χ0) is 14.8. The molecule has 1 unspecified atom stereocenters. The molecule has 1 N–H and O–H groups in total. The van der Waals surface area contributed by atoms with E-state index < -0.39 is 11.5 Å². The van der Waals surface area contributed by atoms with Crippen LogP contribution in [0.3, 0.4) is 0 Å². The van der Waals surface area contributed by atoms with Gasteiger partial charge in [-0.2, -0.15) is 0 Å². The Morgan fingerprint density at radius 2 is 1.75 bits per heavy atom. The molecule has 20 heavy (non-hydrogen) atoms. The van der Waals surface area contributed by atoms with E-state index in [1.165, 1.54) is 0 Å². The van der Waals surface area contributed by atoms with Gasteiger partial charge in [-0.05, 0) is 39.8 Å². The lowest BCUT2D eigenvalue weighted by molar-refractivity contribution is -0.155. The average Bonchev–Trinajstić information content (AvgIpc) is 2.42. The molecule has 0 aliphatic carbocycles. The number of aliphatic carboxylic acids is 1. The second-order valence-electron chi connectivity index (χ2n) is 6.14. The first-order chi connectivity index (χ1) is 9.43. The normalized spacial score (nSPS) is 29.4. The minimum Gasteiger partial charge on any atom is -0.480 e. The molecule has 2 saturated heterocycles. The van der Waals surface area contributed by atoms with Gasteiger partial charge in [-0.15, -0.1) is 0 Å². The maximum atomic E-state index is 12.4. The maximum Gasteiger partial charge on any atom is 0.323 e. The van der Waals surface area contributed by atoms with Gasteiger partial charge in [0.05, 0.1) is 6.54 Å². The van der Waals surface area contributed by atoms with Crippen LogP contribution >= 0.6 is 0 Å². The van der Waals surface area contributed by atoms with Crippen molar-refractivity contribution in [2.75, 3.05) is 46.3 Å². The number of hydrogen-bond acceptors (Lipinski definition) is 4. The van der Waals surface area contributed by atoms with Gasteiger partial charge in [0.25, 0.3) is 0 Å². The number of hydrogen-bond donors (Lipinski definition) is 1. The lowest BCUT2D eigenvalue weighted by Gasteiger charge is -2.42. The van der Waals surface area contributed by atoms with Gasteiger partial charge in [0.15, 0.2) is 0 Å². The van der Waals surface area contributed by atoms with Crippen molar-refractivity contribution in [3.63, 3.8) is 0 Å². The summed E-state index contributed by atoms with van der Waals surface area (Å²) in [6.45, 7) is 5.93. The van der Waals surface area contributed by atoms with Gasteiger partial charge in [-0.25, -0.2) is 0 Å². The predicted molar refractivity (Wildman–Crippen MR) is 75.5 cm³/mol. The smallest absolute Gasteiger partial charge is 0.323 e. The molecule has 2 aliphatic heterocycles. The Morgan fingerprint density at radius 3 is 2.35 bits per heavy atom. The number of carboxylic acids is 1. The third-order valence-electron chi connectivity index (χ3n) is 4.68. The van der Waals surface area contributed by atoms with Crippen LogP contribution in [0.4, 0.5) is 0 Å². The van der Waals surface area contributed by atoms with E-state index in [1.807, 2.05) is 16.8 Å². The summed E-state index contributed by atoms with van der Waals surface area (Å²) in [5.41, 5.74) is -0.888. The largest absolute Gasteiger partial charge is 0.480 e. The van der Waals surface area contributed by atoms with Crippen LogP contribution in [0.5, 0.6) is 0 Å². The van der Waals surface area contributed by atoms with Crippen LogP contribution in [0.15, 0.2) is 0 Å². The molecule has 0 saturated carbocycles. The molecular weight excluding hydrogens is 258 g/mol. The molecule has 6 heteroatoms. The van der Waals surface area contributed by atoms with Crippen molar-refractivity contribution in [3.05, 3.63) is 0 Å². The Hall–Kier alpha value is -1.14. The highest BCUT2D eigenvalue weighted by molar-refractivity contribution is 5.82. The van der Waals surface area contributed by atoms with Crippen molar-refractivity contribution in [1.82, 2.24) is 14.7 Å². The number of carboxylic acid groups (broad SMARTS) is 1. The molecule has 0 aromatic rings. The minimum absolute atomic E-state index is 0.0625. The van der Waals surface area contributed by atoms with E-state index in [9.17, 15) is 14.7 Å². The standard InChI is InChI=1S/C14H25N3O3/c1-14(13(19)20)5-3-4-6-17(14)11-12(18)16-9-7-15(2)8-10-16/h3-11H2,1-2H3,(H,19,20). The van der Waals surface area contributed by atoms with E-state index >= 15 is 0 Å². The zero-order valence-corrected chi connectivity index (χ0v) is 12.5. The molecule has 2 fully saturated rings. The summed E-state index contributed by atoms with van der Waals surface area (Å²) in [6.07, 6.45) is 2.51. The van der Waals surface area contributed by atoms with E-state index in [1.54, 1.807) is 6.92 Å². The summed E-state index contributed by atoms with van der Waals surface area (Å²) >= 11 is 0. The molecule has 2 rings (SSSR count). The van der Waals surface area contributed by atoms with E-state index in [0.717, 1.165) is 39.0 Å². The quantitative estimate of drug-likeness (QED) is 0.795. The van der Waals surface area contributed by atoms with E-state index in [4.69, 9.17) is 0 Å². The number of nitrogens with zero attached hydrogens (tertiary/aromatic N) is 3. The second-order valence-corrected chi connectivity index (χ2v) is 6.14. The Morgan fingerprint density at radius 1 is 1.10 bits per heavy atom. The van der Waals surface area contributed by atoms with Crippen LogP contribution in [0, 0.1) is 0 Å². The molecule has 6 nitrogen and oxygen atoms in total. The number of carbonyl (C=O) groups is 2. The Kier molecular flexibility index (Phi) is 4.65. The van der Waals surface area contributed by atoms with Crippen LogP contribution in [0.1, 0.15) is 26.2 Å².